The molecule has 0 aromatic carbocycles. The van der Waals surface area contributed by atoms with Crippen molar-refractivity contribution < 1.29 is 63.1 Å². The molecule has 1 aliphatic carbocycles. The molecule has 6 N–H and O–H groups in total. The fourth-order valence-electron chi connectivity index (χ4n) is 6.03. The molecule has 1 fully saturated rings. The van der Waals surface area contributed by atoms with Gasteiger partial charge in [-0.3, -0.25) is 18.6 Å². The number of allylic oxidation sites excluding steroid dienone is 2. The maximum absolute atomic E-state index is 12.7. The third-order valence-corrected chi connectivity index (χ3v) is 10.3. The Hall–Kier alpha value is -1.41. The molecule has 1 saturated carbocycles. The van der Waals surface area contributed by atoms with Crippen molar-refractivity contribution in [2.75, 3.05) is 13.2 Å². The van der Waals surface area contributed by atoms with E-state index >= 15 is 0 Å². The first-order valence-electron chi connectivity index (χ1n) is 20.0. The van der Waals surface area contributed by atoms with Crippen LogP contribution >= 0.6 is 7.82 Å². The number of carbonyl (C=O) groups excluding carboxylic acids is 2. The molecule has 13 nitrogen and oxygen atoms in total. The van der Waals surface area contributed by atoms with Crippen molar-refractivity contribution in [3.05, 3.63) is 12.2 Å². The van der Waals surface area contributed by atoms with Crippen LogP contribution in [0, 0.1) is 0 Å². The number of hydrogen-bond acceptors (Lipinski definition) is 12. The Kier molecular flexibility index (Phi) is 27.9. The predicted molar refractivity (Wildman–Crippen MR) is 198 cm³/mol. The van der Waals surface area contributed by atoms with E-state index in [0.717, 1.165) is 51.4 Å². The summed E-state index contributed by atoms with van der Waals surface area (Å²) in [6.45, 7) is 3.20. The summed E-state index contributed by atoms with van der Waals surface area (Å²) in [6, 6.07) is 0. The molecule has 1 rings (SSSR count). The van der Waals surface area contributed by atoms with Crippen LogP contribution in [0.4, 0.5) is 0 Å². The summed E-state index contributed by atoms with van der Waals surface area (Å²) in [6.07, 6.45) is 14.4. The molecule has 0 bridgehead atoms. The molecule has 0 aliphatic heterocycles. The largest absolute Gasteiger partial charge is 0.472 e. The van der Waals surface area contributed by atoms with Gasteiger partial charge in [0.15, 0.2) is 6.10 Å². The maximum atomic E-state index is 12.7. The molecular weight excluding hydrogens is 695 g/mol. The van der Waals surface area contributed by atoms with Crippen molar-refractivity contribution in [1.82, 2.24) is 0 Å². The van der Waals surface area contributed by atoms with Gasteiger partial charge in [-0.1, -0.05) is 129 Å². The molecule has 306 valence electrons. The zero-order chi connectivity index (χ0) is 38.6. The minimum absolute atomic E-state index is 0.0975. The van der Waals surface area contributed by atoms with E-state index in [9.17, 15) is 44.6 Å². The monoisotopic (exact) mass is 766 g/mol. The van der Waals surface area contributed by atoms with Crippen LogP contribution in [0.1, 0.15) is 162 Å². The molecule has 0 amide bonds. The highest BCUT2D eigenvalue weighted by Crippen LogP contribution is 2.47. The number of unbranched alkanes of at least 4 members (excludes halogenated alkanes) is 18. The summed E-state index contributed by atoms with van der Waals surface area (Å²) in [5, 5.41) is 49.9. The Morgan fingerprint density at radius 3 is 1.52 bits per heavy atom. The minimum Gasteiger partial charge on any atom is -0.462 e. The van der Waals surface area contributed by atoms with Gasteiger partial charge < -0.3 is 39.9 Å². The number of aliphatic hydroxyl groups is 5. The van der Waals surface area contributed by atoms with Crippen molar-refractivity contribution in [3.63, 3.8) is 0 Å². The van der Waals surface area contributed by atoms with Gasteiger partial charge in [-0.05, 0) is 32.1 Å². The van der Waals surface area contributed by atoms with E-state index in [1.54, 1.807) is 0 Å². The molecule has 0 spiro atoms. The lowest BCUT2D eigenvalue weighted by Gasteiger charge is -2.41. The van der Waals surface area contributed by atoms with Crippen molar-refractivity contribution in [2.45, 2.75) is 204 Å². The molecular formula is C38H71O13P. The van der Waals surface area contributed by atoms with Crippen LogP contribution in [0.5, 0.6) is 0 Å². The van der Waals surface area contributed by atoms with Gasteiger partial charge in [0, 0.05) is 12.8 Å². The lowest BCUT2D eigenvalue weighted by molar-refractivity contribution is -0.220. The van der Waals surface area contributed by atoms with E-state index in [1.807, 2.05) is 0 Å². The van der Waals surface area contributed by atoms with E-state index in [2.05, 4.69) is 26.0 Å². The van der Waals surface area contributed by atoms with Crippen LogP contribution in [0.15, 0.2) is 12.2 Å². The Bertz CT molecular complexity index is 980. The third-order valence-electron chi connectivity index (χ3n) is 9.36. The van der Waals surface area contributed by atoms with Gasteiger partial charge in [0.1, 0.15) is 43.2 Å². The molecule has 0 aromatic rings. The highest BCUT2D eigenvalue weighted by atomic mass is 31.2. The quantitative estimate of drug-likeness (QED) is 0.0192. The van der Waals surface area contributed by atoms with Crippen LogP contribution in [0.3, 0.4) is 0 Å². The van der Waals surface area contributed by atoms with Crippen LogP contribution in [-0.4, -0.2) is 98.3 Å². The van der Waals surface area contributed by atoms with Crippen LogP contribution in [0.25, 0.3) is 0 Å². The molecule has 0 saturated heterocycles. The van der Waals surface area contributed by atoms with Crippen molar-refractivity contribution in [3.8, 4) is 0 Å². The molecule has 0 heterocycles. The second-order valence-electron chi connectivity index (χ2n) is 14.1. The number of hydrogen-bond donors (Lipinski definition) is 6. The fourth-order valence-corrected chi connectivity index (χ4v) is 7.00. The SMILES string of the molecule is CCCC/C=C/CCCCCCCCCCCC(=O)O[C@H](COC(=O)CCCCCCCCCC)COP(=O)(O)OC1C(O)C(O)C(O)[C@@H](O)C1O. The topological polar surface area (TPSA) is 210 Å². The van der Waals surface area contributed by atoms with Gasteiger partial charge in [0.25, 0.3) is 0 Å². The maximum Gasteiger partial charge on any atom is 0.472 e. The zero-order valence-electron chi connectivity index (χ0n) is 31.9. The lowest BCUT2D eigenvalue weighted by Crippen LogP contribution is -2.64. The lowest BCUT2D eigenvalue weighted by atomic mass is 9.85. The highest BCUT2D eigenvalue weighted by Gasteiger charge is 2.51. The number of rotatable bonds is 32. The third kappa shape index (κ3) is 22.7. The van der Waals surface area contributed by atoms with Gasteiger partial charge >= 0.3 is 19.8 Å². The number of phosphoric acid groups is 1. The summed E-state index contributed by atoms with van der Waals surface area (Å²) in [7, 11) is -5.10. The standard InChI is InChI=1S/C38H71O13P/c1-3-5-7-9-11-13-14-15-16-17-18-19-21-23-25-27-32(40)50-30(28-48-31(39)26-24-22-20-12-10-8-6-4-2)29-49-52(46,47)51-38-36(44)34(42)33(41)35(43)37(38)45/h9,11,30,33-38,41-45H,3-8,10,12-29H2,1-2H3,(H,46,47)/b11-9+/t30-,33?,34-,35?,36?,37?,38?/m1/s1. The normalized spacial score (nSPS) is 23.8. The molecule has 14 heteroatoms. The van der Waals surface area contributed by atoms with Crippen molar-refractivity contribution >= 4 is 19.8 Å². The predicted octanol–water partition coefficient (Wildman–Crippen LogP) is 6.33. The summed E-state index contributed by atoms with van der Waals surface area (Å²) in [5.74, 6) is -1.10. The number of esters is 2. The Morgan fingerprint density at radius 2 is 1.00 bits per heavy atom. The van der Waals surface area contributed by atoms with E-state index < -0.39 is 75.7 Å². The van der Waals surface area contributed by atoms with Crippen molar-refractivity contribution in [1.29, 1.82) is 0 Å². The molecule has 6 unspecified atom stereocenters. The van der Waals surface area contributed by atoms with E-state index in [4.69, 9.17) is 18.5 Å². The summed E-state index contributed by atoms with van der Waals surface area (Å²) in [5.41, 5.74) is 0. The van der Waals surface area contributed by atoms with Gasteiger partial charge in [-0.2, -0.15) is 0 Å². The first-order valence-corrected chi connectivity index (χ1v) is 21.5. The number of aliphatic hydroxyl groups excluding tert-OH is 5. The second kappa shape index (κ2) is 29.9. The van der Waals surface area contributed by atoms with Crippen LogP contribution in [-0.2, 0) is 32.7 Å². The van der Waals surface area contributed by atoms with Gasteiger partial charge in [0.05, 0.1) is 6.61 Å². The van der Waals surface area contributed by atoms with Crippen molar-refractivity contribution in [2.24, 2.45) is 0 Å². The average molecular weight is 767 g/mol. The minimum atomic E-state index is -5.10. The number of ether oxygens (including phenoxy) is 2. The Labute approximate surface area is 312 Å². The van der Waals surface area contributed by atoms with Gasteiger partial charge in [-0.15, -0.1) is 0 Å². The molecule has 8 atom stereocenters. The number of carbonyl (C=O) groups is 2. The molecule has 0 radical (unpaired) electrons. The Balaban J connectivity index is 2.50. The van der Waals surface area contributed by atoms with Crippen LogP contribution < -0.4 is 0 Å². The summed E-state index contributed by atoms with van der Waals surface area (Å²) in [4.78, 5) is 35.4. The fraction of sp³-hybridized carbons (Fsp3) is 0.895. The molecule has 1 aliphatic rings. The van der Waals surface area contributed by atoms with E-state index in [-0.39, 0.29) is 12.8 Å². The van der Waals surface area contributed by atoms with Crippen LogP contribution in [0.2, 0.25) is 0 Å². The van der Waals surface area contributed by atoms with E-state index in [1.165, 1.54) is 70.6 Å². The van der Waals surface area contributed by atoms with Gasteiger partial charge in [-0.25, -0.2) is 4.57 Å². The highest BCUT2D eigenvalue weighted by molar-refractivity contribution is 7.47. The first-order chi connectivity index (χ1) is 24.9. The average Bonchev–Trinajstić information content (AvgIpc) is 3.12. The molecule has 0 aromatic heterocycles. The van der Waals surface area contributed by atoms with E-state index in [0.29, 0.717) is 12.8 Å². The zero-order valence-corrected chi connectivity index (χ0v) is 32.8. The summed E-state index contributed by atoms with van der Waals surface area (Å²) >= 11 is 0. The molecule has 52 heavy (non-hydrogen) atoms. The summed E-state index contributed by atoms with van der Waals surface area (Å²) < 4.78 is 33.3. The van der Waals surface area contributed by atoms with Gasteiger partial charge in [0.2, 0.25) is 0 Å². The Morgan fingerprint density at radius 1 is 0.577 bits per heavy atom. The number of phosphoric ester groups is 1. The second-order valence-corrected chi connectivity index (χ2v) is 15.5. The smallest absolute Gasteiger partial charge is 0.462 e. The first kappa shape index (κ1) is 48.6.